The second-order valence-electron chi connectivity index (χ2n) is 12.1. The lowest BCUT2D eigenvalue weighted by Gasteiger charge is -2.41. The largest absolute Gasteiger partial charge is 0.491 e. The Labute approximate surface area is 255 Å². The number of primary amides is 1. The standard InChI is InChI=1S/C31H38F3N3O6S/c1-18(2)16-36-21-9-12-25(20(15-21)17-44(41,42)22-10-7-19(3)8-11-22)37-14-13-24(29(37)39)27-23(28(35)38)5-4-6-26(27)43-30(40)31(32,33)34/h4-8,10-11,18,20-21,24-25,36H,9,12-17H2,1-3H3,(H2,35,38)/t20-,21+,24-,25-/m0/s1. The van der Waals surface area contributed by atoms with E-state index in [2.05, 4.69) is 23.9 Å². The number of carbonyl (C=O) groups is 3. The van der Waals surface area contributed by atoms with Crippen LogP contribution in [0.4, 0.5) is 13.2 Å². The number of likely N-dealkylation sites (tertiary alicyclic amines) is 1. The second kappa shape index (κ2) is 13.3. The number of nitrogens with one attached hydrogen (secondary N) is 1. The molecular formula is C31H38F3N3O6S. The van der Waals surface area contributed by atoms with E-state index in [4.69, 9.17) is 5.73 Å². The van der Waals surface area contributed by atoms with Crippen molar-refractivity contribution in [1.82, 2.24) is 10.2 Å². The third-order valence-electron chi connectivity index (χ3n) is 8.33. The van der Waals surface area contributed by atoms with Crippen LogP contribution >= 0.6 is 0 Å². The smallest absolute Gasteiger partial charge is 0.420 e. The monoisotopic (exact) mass is 637 g/mol. The normalized spacial score (nSPS) is 22.8. The van der Waals surface area contributed by atoms with Crippen molar-refractivity contribution in [3.63, 3.8) is 0 Å². The quantitative estimate of drug-likeness (QED) is 0.295. The molecule has 2 fully saturated rings. The fraction of sp³-hybridized carbons (Fsp3) is 0.516. The third-order valence-corrected chi connectivity index (χ3v) is 10.2. The van der Waals surface area contributed by atoms with Crippen LogP contribution in [0.1, 0.15) is 66.9 Å². The van der Waals surface area contributed by atoms with Gasteiger partial charge in [0.1, 0.15) is 5.75 Å². The molecule has 2 aromatic rings. The number of amides is 2. The lowest BCUT2D eigenvalue weighted by molar-refractivity contribution is -0.189. The molecule has 2 aromatic carbocycles. The van der Waals surface area contributed by atoms with Gasteiger partial charge in [-0.3, -0.25) is 9.59 Å². The molecule has 0 aromatic heterocycles. The first-order valence-electron chi connectivity index (χ1n) is 14.6. The summed E-state index contributed by atoms with van der Waals surface area (Å²) < 4.78 is 70.8. The second-order valence-corrected chi connectivity index (χ2v) is 14.1. The lowest BCUT2D eigenvalue weighted by Crippen LogP contribution is -2.51. The SMILES string of the molecule is Cc1ccc(S(=O)(=O)C[C@@H]2C[C@H](NCC(C)C)CC[C@@H]2N2CC[C@@H](c3c(OC(=O)C(F)(F)F)cccc3C(N)=O)C2=O)cc1. The van der Waals surface area contributed by atoms with Gasteiger partial charge < -0.3 is 20.7 Å². The summed E-state index contributed by atoms with van der Waals surface area (Å²) in [7, 11) is -3.72. The Bertz CT molecular complexity index is 1490. The number of nitrogens with zero attached hydrogens (tertiary/aromatic N) is 1. The minimum atomic E-state index is -5.30. The van der Waals surface area contributed by atoms with Crippen LogP contribution in [0.3, 0.4) is 0 Å². The summed E-state index contributed by atoms with van der Waals surface area (Å²) in [6, 6.07) is 9.74. The van der Waals surface area contributed by atoms with E-state index in [1.807, 2.05) is 6.92 Å². The van der Waals surface area contributed by atoms with Crippen LogP contribution in [-0.2, 0) is 19.4 Å². The van der Waals surface area contributed by atoms with Crippen LogP contribution in [0, 0.1) is 18.8 Å². The summed E-state index contributed by atoms with van der Waals surface area (Å²) in [6.07, 6.45) is -3.48. The van der Waals surface area contributed by atoms with E-state index < -0.39 is 57.4 Å². The summed E-state index contributed by atoms with van der Waals surface area (Å²) >= 11 is 0. The van der Waals surface area contributed by atoms with Gasteiger partial charge >= 0.3 is 12.1 Å². The summed E-state index contributed by atoms with van der Waals surface area (Å²) in [5.74, 6) is -5.89. The molecule has 2 aliphatic rings. The highest BCUT2D eigenvalue weighted by Crippen LogP contribution is 2.41. The molecule has 240 valence electrons. The van der Waals surface area contributed by atoms with E-state index in [0.717, 1.165) is 18.2 Å². The minimum Gasteiger partial charge on any atom is -0.420 e. The number of rotatable bonds is 10. The molecule has 4 atom stereocenters. The molecular weight excluding hydrogens is 599 g/mol. The molecule has 0 radical (unpaired) electrons. The maximum Gasteiger partial charge on any atom is 0.491 e. The van der Waals surface area contributed by atoms with E-state index in [-0.39, 0.29) is 40.8 Å². The Morgan fingerprint density at radius 2 is 1.77 bits per heavy atom. The summed E-state index contributed by atoms with van der Waals surface area (Å²) in [5, 5.41) is 3.51. The molecule has 9 nitrogen and oxygen atoms in total. The zero-order valence-electron chi connectivity index (χ0n) is 24.9. The van der Waals surface area contributed by atoms with Crippen molar-refractivity contribution >= 4 is 27.6 Å². The number of hydrogen-bond donors (Lipinski definition) is 2. The minimum absolute atomic E-state index is 0.0457. The highest BCUT2D eigenvalue weighted by Gasteiger charge is 2.46. The number of halogens is 3. The van der Waals surface area contributed by atoms with E-state index in [0.29, 0.717) is 25.2 Å². The fourth-order valence-electron chi connectivity index (χ4n) is 6.21. The van der Waals surface area contributed by atoms with Crippen LogP contribution in [0.2, 0.25) is 0 Å². The molecule has 1 aliphatic heterocycles. The molecule has 2 amide bonds. The molecule has 3 N–H and O–H groups in total. The molecule has 1 saturated heterocycles. The number of esters is 1. The number of carbonyl (C=O) groups excluding carboxylic acids is 3. The van der Waals surface area contributed by atoms with Gasteiger partial charge in [-0.15, -0.1) is 0 Å². The van der Waals surface area contributed by atoms with E-state index >= 15 is 0 Å². The van der Waals surface area contributed by atoms with Crippen molar-refractivity contribution in [3.05, 3.63) is 59.2 Å². The zero-order chi connectivity index (χ0) is 32.4. The maximum atomic E-state index is 14.0. The van der Waals surface area contributed by atoms with Gasteiger partial charge in [0.25, 0.3) is 0 Å². The Morgan fingerprint density at radius 1 is 1.09 bits per heavy atom. The molecule has 44 heavy (non-hydrogen) atoms. The number of alkyl halides is 3. The third kappa shape index (κ3) is 7.60. The van der Waals surface area contributed by atoms with Gasteiger partial charge in [-0.25, -0.2) is 13.2 Å². The molecule has 1 saturated carbocycles. The molecule has 0 bridgehead atoms. The van der Waals surface area contributed by atoms with Crippen LogP contribution in [0.5, 0.6) is 5.75 Å². The highest BCUT2D eigenvalue weighted by molar-refractivity contribution is 7.91. The number of ether oxygens (including phenoxy) is 1. The summed E-state index contributed by atoms with van der Waals surface area (Å²) in [4.78, 5) is 39.7. The number of hydrogen-bond acceptors (Lipinski definition) is 7. The van der Waals surface area contributed by atoms with Gasteiger partial charge in [0.15, 0.2) is 9.84 Å². The Balaban J connectivity index is 1.65. The predicted molar refractivity (Wildman–Crippen MR) is 157 cm³/mol. The summed E-state index contributed by atoms with van der Waals surface area (Å²) in [5.41, 5.74) is 6.03. The van der Waals surface area contributed by atoms with Crippen molar-refractivity contribution in [3.8, 4) is 5.75 Å². The van der Waals surface area contributed by atoms with E-state index in [1.165, 1.54) is 12.1 Å². The lowest BCUT2D eigenvalue weighted by atomic mass is 9.81. The molecule has 4 rings (SSSR count). The van der Waals surface area contributed by atoms with Crippen LogP contribution in [-0.4, -0.2) is 68.2 Å². The Morgan fingerprint density at radius 3 is 2.39 bits per heavy atom. The van der Waals surface area contributed by atoms with Gasteiger partial charge in [0.2, 0.25) is 11.8 Å². The van der Waals surface area contributed by atoms with Crippen LogP contribution in [0.15, 0.2) is 47.4 Å². The van der Waals surface area contributed by atoms with E-state index in [1.54, 1.807) is 29.2 Å². The first-order valence-corrected chi connectivity index (χ1v) is 16.3. The van der Waals surface area contributed by atoms with Gasteiger partial charge in [-0.1, -0.05) is 37.6 Å². The topological polar surface area (TPSA) is 136 Å². The summed E-state index contributed by atoms with van der Waals surface area (Å²) in [6.45, 7) is 6.94. The molecule has 0 unspecified atom stereocenters. The van der Waals surface area contributed by atoms with Crippen molar-refractivity contribution in [2.75, 3.05) is 18.8 Å². The van der Waals surface area contributed by atoms with Gasteiger partial charge in [0, 0.05) is 29.8 Å². The average Bonchev–Trinajstić information content (AvgIpc) is 3.31. The van der Waals surface area contributed by atoms with Crippen molar-refractivity contribution in [1.29, 1.82) is 0 Å². The number of benzene rings is 2. The van der Waals surface area contributed by atoms with Crippen molar-refractivity contribution in [2.45, 2.75) is 75.5 Å². The average molecular weight is 638 g/mol. The molecule has 0 spiro atoms. The first-order chi connectivity index (χ1) is 20.6. The van der Waals surface area contributed by atoms with Gasteiger partial charge in [0.05, 0.1) is 16.6 Å². The zero-order valence-corrected chi connectivity index (χ0v) is 25.7. The van der Waals surface area contributed by atoms with Crippen molar-refractivity contribution < 1.29 is 40.7 Å². The van der Waals surface area contributed by atoms with E-state index in [9.17, 15) is 36.0 Å². The van der Waals surface area contributed by atoms with Crippen LogP contribution < -0.4 is 15.8 Å². The number of aryl methyl sites for hydroxylation is 1. The highest BCUT2D eigenvalue weighted by atomic mass is 32.2. The first kappa shape index (κ1) is 33.4. The Kier molecular flexibility index (Phi) is 10.1. The number of sulfone groups is 1. The van der Waals surface area contributed by atoms with Gasteiger partial charge in [-0.05, 0) is 75.3 Å². The van der Waals surface area contributed by atoms with Crippen molar-refractivity contribution in [2.24, 2.45) is 17.6 Å². The van der Waals surface area contributed by atoms with Crippen LogP contribution in [0.25, 0.3) is 0 Å². The maximum absolute atomic E-state index is 14.0. The molecule has 1 heterocycles. The van der Waals surface area contributed by atoms with Gasteiger partial charge in [-0.2, -0.15) is 13.2 Å². The molecule has 13 heteroatoms. The Hall–Kier alpha value is -3.45. The fourth-order valence-corrected chi connectivity index (χ4v) is 7.88. The predicted octanol–water partition coefficient (Wildman–Crippen LogP) is 4.13. The molecule has 1 aliphatic carbocycles. The number of nitrogens with two attached hydrogens (primary N) is 1.